The maximum absolute atomic E-state index is 4.56. The highest BCUT2D eigenvalue weighted by Gasteiger charge is 2.16. The number of aryl methyl sites for hydroxylation is 2. The monoisotopic (exact) mass is 205 g/mol. The predicted molar refractivity (Wildman–Crippen MR) is 61.0 cm³/mol. The minimum Gasteiger partial charge on any atom is -0.317 e. The maximum Gasteiger partial charge on any atom is 0.131 e. The van der Waals surface area contributed by atoms with Crippen LogP contribution in [-0.2, 0) is 0 Å². The van der Waals surface area contributed by atoms with Crippen LogP contribution >= 0.6 is 0 Å². The summed E-state index contributed by atoms with van der Waals surface area (Å²) in [7, 11) is 0. The lowest BCUT2D eigenvalue weighted by atomic mass is 9.99. The van der Waals surface area contributed by atoms with Gasteiger partial charge in [0.25, 0.3) is 0 Å². The molecule has 0 aromatic carbocycles. The molecule has 15 heavy (non-hydrogen) atoms. The van der Waals surface area contributed by atoms with Gasteiger partial charge in [0.05, 0.1) is 0 Å². The molecule has 1 aromatic heterocycles. The van der Waals surface area contributed by atoms with Crippen LogP contribution in [0.25, 0.3) is 0 Å². The van der Waals surface area contributed by atoms with Crippen LogP contribution in [-0.4, -0.2) is 23.1 Å². The summed E-state index contributed by atoms with van der Waals surface area (Å²) in [6.45, 7) is 6.34. The van der Waals surface area contributed by atoms with Crippen LogP contribution in [0.2, 0.25) is 0 Å². The van der Waals surface area contributed by atoms with E-state index in [4.69, 9.17) is 0 Å². The summed E-state index contributed by atoms with van der Waals surface area (Å²) in [4.78, 5) is 9.12. The molecule has 1 unspecified atom stereocenters. The van der Waals surface area contributed by atoms with Gasteiger partial charge in [-0.2, -0.15) is 0 Å². The van der Waals surface area contributed by atoms with Crippen molar-refractivity contribution in [2.24, 2.45) is 0 Å². The van der Waals surface area contributed by atoms with Crippen LogP contribution < -0.4 is 5.32 Å². The third kappa shape index (κ3) is 2.75. The lowest BCUT2D eigenvalue weighted by molar-refractivity contribution is 0.571. The summed E-state index contributed by atoms with van der Waals surface area (Å²) >= 11 is 0. The second-order valence-electron chi connectivity index (χ2n) is 4.39. The van der Waals surface area contributed by atoms with Gasteiger partial charge in [-0.15, -0.1) is 0 Å². The number of nitrogens with zero attached hydrogens (tertiary/aromatic N) is 2. The van der Waals surface area contributed by atoms with E-state index in [0.29, 0.717) is 5.92 Å². The van der Waals surface area contributed by atoms with Gasteiger partial charge >= 0.3 is 0 Å². The number of hydrogen-bond acceptors (Lipinski definition) is 3. The molecule has 0 radical (unpaired) electrons. The Labute approximate surface area is 91.3 Å². The highest BCUT2D eigenvalue weighted by Crippen LogP contribution is 2.23. The summed E-state index contributed by atoms with van der Waals surface area (Å²) in [6, 6.07) is 2.04. The fourth-order valence-corrected chi connectivity index (χ4v) is 2.21. The Hall–Kier alpha value is -0.960. The summed E-state index contributed by atoms with van der Waals surface area (Å²) in [6.07, 6.45) is 3.62. The van der Waals surface area contributed by atoms with Crippen molar-refractivity contribution in [3.8, 4) is 0 Å². The SMILES string of the molecule is Cc1cc(C)nc(C2CCCNCC2)n1. The minimum atomic E-state index is 0.554. The van der Waals surface area contributed by atoms with E-state index in [1.807, 2.05) is 19.9 Å². The summed E-state index contributed by atoms with van der Waals surface area (Å²) in [5.74, 6) is 1.61. The Morgan fingerprint density at radius 3 is 2.60 bits per heavy atom. The average molecular weight is 205 g/mol. The molecule has 1 saturated heterocycles. The fraction of sp³-hybridized carbons (Fsp3) is 0.667. The Bertz CT molecular complexity index is 307. The molecule has 0 amide bonds. The highest BCUT2D eigenvalue weighted by atomic mass is 14.9. The molecular formula is C12H19N3. The molecule has 1 atom stereocenters. The molecule has 2 heterocycles. The number of rotatable bonds is 1. The molecule has 3 heteroatoms. The second kappa shape index (κ2) is 4.71. The molecule has 82 valence electrons. The normalized spacial score (nSPS) is 22.4. The molecular weight excluding hydrogens is 186 g/mol. The standard InChI is InChI=1S/C12H19N3/c1-9-8-10(2)15-12(14-9)11-4-3-6-13-7-5-11/h8,11,13H,3-7H2,1-2H3. The first-order valence-corrected chi connectivity index (χ1v) is 5.78. The molecule has 0 spiro atoms. The largest absolute Gasteiger partial charge is 0.317 e. The number of hydrogen-bond donors (Lipinski definition) is 1. The van der Waals surface area contributed by atoms with Crippen molar-refractivity contribution in [1.29, 1.82) is 0 Å². The Balaban J connectivity index is 2.19. The molecule has 2 rings (SSSR count). The topological polar surface area (TPSA) is 37.8 Å². The van der Waals surface area contributed by atoms with Crippen molar-refractivity contribution in [3.63, 3.8) is 0 Å². The van der Waals surface area contributed by atoms with E-state index in [1.165, 1.54) is 19.3 Å². The van der Waals surface area contributed by atoms with Crippen LogP contribution in [0.15, 0.2) is 6.07 Å². The van der Waals surface area contributed by atoms with Gasteiger partial charge in [0.2, 0.25) is 0 Å². The van der Waals surface area contributed by atoms with Crippen molar-refractivity contribution in [2.75, 3.05) is 13.1 Å². The third-order valence-corrected chi connectivity index (χ3v) is 2.94. The molecule has 1 aliphatic rings. The van der Waals surface area contributed by atoms with E-state index in [9.17, 15) is 0 Å². The molecule has 1 fully saturated rings. The first-order chi connectivity index (χ1) is 7.25. The molecule has 1 aliphatic heterocycles. The first-order valence-electron chi connectivity index (χ1n) is 5.78. The Morgan fingerprint density at radius 1 is 1.13 bits per heavy atom. The van der Waals surface area contributed by atoms with Crippen molar-refractivity contribution in [3.05, 3.63) is 23.3 Å². The van der Waals surface area contributed by atoms with Gasteiger partial charge in [-0.25, -0.2) is 9.97 Å². The zero-order valence-electron chi connectivity index (χ0n) is 9.58. The molecule has 0 saturated carbocycles. The zero-order chi connectivity index (χ0) is 10.7. The first kappa shape index (κ1) is 10.6. The van der Waals surface area contributed by atoms with Crippen LogP contribution in [0.1, 0.15) is 42.4 Å². The van der Waals surface area contributed by atoms with E-state index < -0.39 is 0 Å². The highest BCUT2D eigenvalue weighted by molar-refractivity contribution is 5.11. The molecule has 0 bridgehead atoms. The van der Waals surface area contributed by atoms with E-state index in [-0.39, 0.29) is 0 Å². The van der Waals surface area contributed by atoms with Crippen LogP contribution in [0, 0.1) is 13.8 Å². The van der Waals surface area contributed by atoms with E-state index in [1.54, 1.807) is 0 Å². The number of aromatic nitrogens is 2. The zero-order valence-corrected chi connectivity index (χ0v) is 9.58. The third-order valence-electron chi connectivity index (χ3n) is 2.94. The van der Waals surface area contributed by atoms with Crippen LogP contribution in [0.3, 0.4) is 0 Å². The van der Waals surface area contributed by atoms with Crippen molar-refractivity contribution >= 4 is 0 Å². The second-order valence-corrected chi connectivity index (χ2v) is 4.39. The van der Waals surface area contributed by atoms with Crippen LogP contribution in [0.5, 0.6) is 0 Å². The van der Waals surface area contributed by atoms with Gasteiger partial charge < -0.3 is 5.32 Å². The van der Waals surface area contributed by atoms with Gasteiger partial charge in [0.1, 0.15) is 5.82 Å². The maximum atomic E-state index is 4.56. The van der Waals surface area contributed by atoms with Crippen molar-refractivity contribution in [2.45, 2.75) is 39.0 Å². The summed E-state index contributed by atoms with van der Waals surface area (Å²) in [5, 5.41) is 3.42. The van der Waals surface area contributed by atoms with Gasteiger partial charge in [-0.1, -0.05) is 0 Å². The van der Waals surface area contributed by atoms with E-state index in [2.05, 4.69) is 15.3 Å². The van der Waals surface area contributed by atoms with Crippen molar-refractivity contribution < 1.29 is 0 Å². The molecule has 3 nitrogen and oxygen atoms in total. The quantitative estimate of drug-likeness (QED) is 0.761. The van der Waals surface area contributed by atoms with Gasteiger partial charge in [-0.05, 0) is 52.3 Å². The van der Waals surface area contributed by atoms with Gasteiger partial charge in [0.15, 0.2) is 0 Å². The molecule has 0 aliphatic carbocycles. The summed E-state index contributed by atoms with van der Waals surface area (Å²) in [5.41, 5.74) is 2.18. The lowest BCUT2D eigenvalue weighted by Crippen LogP contribution is -2.14. The smallest absolute Gasteiger partial charge is 0.131 e. The van der Waals surface area contributed by atoms with E-state index in [0.717, 1.165) is 30.3 Å². The lowest BCUT2D eigenvalue weighted by Gasteiger charge is -2.13. The minimum absolute atomic E-state index is 0.554. The Kier molecular flexibility index (Phi) is 3.31. The molecule has 1 aromatic rings. The molecule has 1 N–H and O–H groups in total. The summed E-state index contributed by atoms with van der Waals surface area (Å²) < 4.78 is 0. The fourth-order valence-electron chi connectivity index (χ4n) is 2.21. The van der Waals surface area contributed by atoms with E-state index >= 15 is 0 Å². The predicted octanol–water partition coefficient (Wildman–Crippen LogP) is 1.95. The number of nitrogens with one attached hydrogen (secondary N) is 1. The van der Waals surface area contributed by atoms with Gasteiger partial charge in [-0.3, -0.25) is 0 Å². The average Bonchev–Trinajstić information content (AvgIpc) is 2.43. The van der Waals surface area contributed by atoms with Gasteiger partial charge in [0, 0.05) is 17.3 Å². The Morgan fingerprint density at radius 2 is 1.87 bits per heavy atom. The van der Waals surface area contributed by atoms with Crippen LogP contribution in [0.4, 0.5) is 0 Å². The van der Waals surface area contributed by atoms with Crippen molar-refractivity contribution in [1.82, 2.24) is 15.3 Å².